The van der Waals surface area contributed by atoms with Crippen molar-refractivity contribution in [3.63, 3.8) is 0 Å². The first-order valence-corrected chi connectivity index (χ1v) is 9.31. The zero-order chi connectivity index (χ0) is 17.2. The van der Waals surface area contributed by atoms with Crippen LogP contribution in [0.5, 0.6) is 0 Å². The van der Waals surface area contributed by atoms with Crippen molar-refractivity contribution < 1.29 is 23.1 Å². The first-order chi connectivity index (χ1) is 10.8. The zero-order valence-corrected chi connectivity index (χ0v) is 14.9. The molecule has 0 aromatic rings. The van der Waals surface area contributed by atoms with Gasteiger partial charge in [0, 0.05) is 26.4 Å². The number of ether oxygens (including phenoxy) is 1. The minimum Gasteiger partial charge on any atom is -0.373 e. The lowest BCUT2D eigenvalue weighted by molar-refractivity contribution is -0.230. The summed E-state index contributed by atoms with van der Waals surface area (Å²) in [5.74, 6) is 0.281. The number of rotatable bonds is 6. The van der Waals surface area contributed by atoms with Crippen molar-refractivity contribution in [3.8, 4) is 0 Å². The zero-order valence-electron chi connectivity index (χ0n) is 14.1. The van der Waals surface area contributed by atoms with Crippen molar-refractivity contribution in [1.82, 2.24) is 9.37 Å². The first-order valence-electron chi connectivity index (χ1n) is 7.70. The van der Waals surface area contributed by atoms with E-state index >= 15 is 0 Å². The van der Waals surface area contributed by atoms with Crippen LogP contribution < -0.4 is 0 Å². The molecule has 1 saturated heterocycles. The van der Waals surface area contributed by atoms with E-state index in [4.69, 9.17) is 9.57 Å². The van der Waals surface area contributed by atoms with Gasteiger partial charge in [0.2, 0.25) is 10.0 Å². The summed E-state index contributed by atoms with van der Waals surface area (Å²) in [6.07, 6.45) is 3.48. The molecule has 132 valence electrons. The number of aliphatic hydroxyl groups excluding tert-OH is 1. The van der Waals surface area contributed by atoms with E-state index in [-0.39, 0.29) is 11.7 Å². The van der Waals surface area contributed by atoms with Crippen LogP contribution in [0, 0.1) is 5.92 Å². The van der Waals surface area contributed by atoms with E-state index in [1.807, 2.05) is 19.1 Å². The van der Waals surface area contributed by atoms with Gasteiger partial charge in [0.05, 0.1) is 12.9 Å². The van der Waals surface area contributed by atoms with E-state index in [2.05, 4.69) is 0 Å². The maximum absolute atomic E-state index is 12.1. The van der Waals surface area contributed by atoms with Gasteiger partial charge in [0.15, 0.2) is 6.23 Å². The van der Waals surface area contributed by atoms with Crippen LogP contribution >= 0.6 is 0 Å². The van der Waals surface area contributed by atoms with Crippen LogP contribution in [-0.2, 0) is 19.6 Å². The molecule has 2 rings (SSSR count). The average molecular weight is 346 g/mol. The molecule has 3 atom stereocenters. The van der Waals surface area contributed by atoms with Gasteiger partial charge < -0.3 is 9.84 Å². The monoisotopic (exact) mass is 346 g/mol. The van der Waals surface area contributed by atoms with E-state index in [0.717, 1.165) is 11.3 Å². The smallest absolute Gasteiger partial charge is 0.234 e. The van der Waals surface area contributed by atoms with Gasteiger partial charge in [-0.3, -0.25) is 9.14 Å². The van der Waals surface area contributed by atoms with Gasteiger partial charge >= 0.3 is 0 Å². The van der Waals surface area contributed by atoms with Crippen LogP contribution in [0.3, 0.4) is 0 Å². The number of nitrogens with zero attached hydrogens (tertiary/aromatic N) is 2. The summed E-state index contributed by atoms with van der Waals surface area (Å²) in [7, 11) is 1.48. The maximum Gasteiger partial charge on any atom is 0.234 e. The highest BCUT2D eigenvalue weighted by atomic mass is 32.2. The Balaban J connectivity index is 2.24. The molecule has 0 aromatic carbocycles. The lowest BCUT2D eigenvalue weighted by Gasteiger charge is -2.34. The SMILES string of the molecule is COC(C1=CC=C(N2CCCS2(=O)=O)CC1C)C(O)N(C)OC. The Labute approximate surface area is 138 Å². The van der Waals surface area contributed by atoms with Gasteiger partial charge in [-0.1, -0.05) is 13.0 Å². The van der Waals surface area contributed by atoms with Crippen LogP contribution in [-0.4, -0.2) is 68.8 Å². The summed E-state index contributed by atoms with van der Waals surface area (Å²) in [6, 6.07) is 0. The molecule has 1 aliphatic heterocycles. The predicted molar refractivity (Wildman–Crippen MR) is 86.6 cm³/mol. The molecule has 0 saturated carbocycles. The van der Waals surface area contributed by atoms with Crippen molar-refractivity contribution >= 4 is 10.0 Å². The number of hydrogen-bond acceptors (Lipinski definition) is 6. The molecule has 2 aliphatic rings. The molecule has 0 spiro atoms. The standard InChI is InChI=1S/C15H26N2O5S/c1-11-10-12(17-8-5-9-23(17,19)20)6-7-13(11)14(21-3)15(18)16(2)22-4/h6-7,11,14-15,18H,5,8-10H2,1-4H3. The number of likely N-dealkylation sites (N-methyl/N-ethyl adjacent to an activating group) is 1. The Bertz CT molecular complexity index is 587. The second-order valence-corrected chi connectivity index (χ2v) is 7.98. The fraction of sp³-hybridized carbons (Fsp3) is 0.733. The molecular weight excluding hydrogens is 320 g/mol. The molecule has 1 fully saturated rings. The number of aliphatic hydroxyl groups is 1. The van der Waals surface area contributed by atoms with Crippen LogP contribution in [0.4, 0.5) is 0 Å². The fourth-order valence-corrected chi connectivity index (χ4v) is 4.72. The number of methoxy groups -OCH3 is 1. The molecular formula is C15H26N2O5S. The number of hydroxylamine groups is 2. The number of sulfonamides is 1. The highest BCUT2D eigenvalue weighted by Gasteiger charge is 2.35. The van der Waals surface area contributed by atoms with Gasteiger partial charge in [-0.05, 0) is 30.4 Å². The molecule has 1 N–H and O–H groups in total. The molecule has 0 bridgehead atoms. The Morgan fingerprint density at radius 3 is 2.57 bits per heavy atom. The minimum absolute atomic E-state index is 0.0654. The topological polar surface area (TPSA) is 79.3 Å². The first kappa shape index (κ1) is 18.4. The Morgan fingerprint density at radius 2 is 2.09 bits per heavy atom. The van der Waals surface area contributed by atoms with Gasteiger partial charge in [-0.15, -0.1) is 0 Å². The summed E-state index contributed by atoms with van der Waals surface area (Å²) >= 11 is 0. The van der Waals surface area contributed by atoms with Crippen LogP contribution in [0.1, 0.15) is 19.8 Å². The van der Waals surface area contributed by atoms with Gasteiger partial charge in [-0.25, -0.2) is 8.42 Å². The molecule has 0 radical (unpaired) electrons. The third kappa shape index (κ3) is 3.77. The van der Waals surface area contributed by atoms with Crippen LogP contribution in [0.2, 0.25) is 0 Å². The molecule has 23 heavy (non-hydrogen) atoms. The van der Waals surface area contributed by atoms with Gasteiger partial charge in [0.1, 0.15) is 6.10 Å². The third-order valence-corrected chi connectivity index (χ3v) is 6.38. The van der Waals surface area contributed by atoms with E-state index in [9.17, 15) is 13.5 Å². The predicted octanol–water partition coefficient (Wildman–Crippen LogP) is 0.699. The summed E-state index contributed by atoms with van der Waals surface area (Å²) in [6.45, 7) is 2.56. The third-order valence-electron chi connectivity index (χ3n) is 4.49. The molecule has 8 heteroatoms. The molecule has 0 amide bonds. The quantitative estimate of drug-likeness (QED) is 0.563. The average Bonchev–Trinajstić information content (AvgIpc) is 2.87. The molecule has 1 aliphatic carbocycles. The molecule has 3 unspecified atom stereocenters. The van der Waals surface area contributed by atoms with Crippen molar-refractivity contribution in [2.45, 2.75) is 32.1 Å². The minimum atomic E-state index is -3.16. The van der Waals surface area contributed by atoms with Crippen molar-refractivity contribution in [2.75, 3.05) is 33.6 Å². The second kappa shape index (κ2) is 7.31. The van der Waals surface area contributed by atoms with Crippen molar-refractivity contribution in [2.24, 2.45) is 5.92 Å². The normalized spacial score (nSPS) is 26.9. The van der Waals surface area contributed by atoms with Gasteiger partial charge in [-0.2, -0.15) is 5.06 Å². The van der Waals surface area contributed by atoms with Crippen molar-refractivity contribution in [1.29, 1.82) is 0 Å². The Hall–Kier alpha value is -0.930. The van der Waals surface area contributed by atoms with E-state index in [1.54, 1.807) is 7.05 Å². The highest BCUT2D eigenvalue weighted by Crippen LogP contribution is 2.34. The summed E-state index contributed by atoms with van der Waals surface area (Å²) in [5.41, 5.74) is 1.73. The van der Waals surface area contributed by atoms with E-state index < -0.39 is 22.4 Å². The van der Waals surface area contributed by atoms with E-state index in [1.165, 1.54) is 23.6 Å². The molecule has 7 nitrogen and oxygen atoms in total. The summed E-state index contributed by atoms with van der Waals surface area (Å²) < 4.78 is 31.1. The van der Waals surface area contributed by atoms with Gasteiger partial charge in [0.25, 0.3) is 0 Å². The summed E-state index contributed by atoms with van der Waals surface area (Å²) in [5, 5.41) is 11.6. The summed E-state index contributed by atoms with van der Waals surface area (Å²) in [4.78, 5) is 5.02. The Kier molecular flexibility index (Phi) is 5.85. The maximum atomic E-state index is 12.1. The van der Waals surface area contributed by atoms with Crippen LogP contribution in [0.15, 0.2) is 23.4 Å². The lowest BCUT2D eigenvalue weighted by Crippen LogP contribution is -2.44. The van der Waals surface area contributed by atoms with Crippen molar-refractivity contribution in [3.05, 3.63) is 23.4 Å². The Morgan fingerprint density at radius 1 is 1.39 bits per heavy atom. The second-order valence-electron chi connectivity index (χ2n) is 5.97. The number of hydrogen-bond donors (Lipinski definition) is 1. The lowest BCUT2D eigenvalue weighted by atomic mass is 9.87. The van der Waals surface area contributed by atoms with Crippen LogP contribution in [0.25, 0.3) is 0 Å². The largest absolute Gasteiger partial charge is 0.373 e. The fourth-order valence-electron chi connectivity index (χ4n) is 3.11. The highest BCUT2D eigenvalue weighted by molar-refractivity contribution is 7.89. The molecule has 0 aromatic heterocycles. The molecule has 1 heterocycles. The number of allylic oxidation sites excluding steroid dienone is 3. The van der Waals surface area contributed by atoms with E-state index in [0.29, 0.717) is 19.4 Å².